The maximum atomic E-state index is 12.4. The van der Waals surface area contributed by atoms with Crippen molar-refractivity contribution >= 4 is 15.9 Å². The molecule has 2 N–H and O–H groups in total. The van der Waals surface area contributed by atoms with E-state index in [0.717, 1.165) is 12.0 Å². The summed E-state index contributed by atoms with van der Waals surface area (Å²) in [7, 11) is -3.53. The summed E-state index contributed by atoms with van der Waals surface area (Å²) in [4.78, 5) is 0. The molecule has 0 amide bonds. The first-order valence-electron chi connectivity index (χ1n) is 7.25. The Morgan fingerprint density at radius 3 is 2.71 bits per heavy atom. The number of aryl methyl sites for hydroxylation is 1. The number of piperazine rings is 1. The van der Waals surface area contributed by atoms with Gasteiger partial charge in [-0.15, -0.1) is 0 Å². The minimum atomic E-state index is -3.53. The Kier molecular flexibility index (Phi) is 5.44. The summed E-state index contributed by atoms with van der Waals surface area (Å²) < 4.78 is 34.5. The van der Waals surface area contributed by atoms with Gasteiger partial charge in [0.15, 0.2) is 0 Å². The van der Waals surface area contributed by atoms with Gasteiger partial charge in [-0.3, -0.25) is 4.72 Å². The van der Waals surface area contributed by atoms with Crippen molar-refractivity contribution in [3.63, 3.8) is 0 Å². The van der Waals surface area contributed by atoms with Crippen molar-refractivity contribution in [3.8, 4) is 5.75 Å². The quantitative estimate of drug-likeness (QED) is 0.831. The van der Waals surface area contributed by atoms with Gasteiger partial charge in [-0.2, -0.15) is 12.7 Å². The summed E-state index contributed by atoms with van der Waals surface area (Å²) in [6.45, 7) is 6.83. The van der Waals surface area contributed by atoms with Crippen LogP contribution in [0.1, 0.15) is 18.9 Å². The van der Waals surface area contributed by atoms with E-state index < -0.39 is 10.2 Å². The van der Waals surface area contributed by atoms with Gasteiger partial charge in [-0.1, -0.05) is 13.0 Å². The Morgan fingerprint density at radius 1 is 1.33 bits per heavy atom. The fourth-order valence-corrected chi connectivity index (χ4v) is 3.37. The third-order valence-corrected chi connectivity index (χ3v) is 4.78. The van der Waals surface area contributed by atoms with Gasteiger partial charge in [0.2, 0.25) is 0 Å². The van der Waals surface area contributed by atoms with Crippen molar-refractivity contribution in [1.29, 1.82) is 0 Å². The molecule has 118 valence electrons. The van der Waals surface area contributed by atoms with Crippen LogP contribution in [0.2, 0.25) is 0 Å². The first-order chi connectivity index (χ1) is 10.0. The fraction of sp³-hybridized carbons (Fsp3) is 0.571. The Labute approximate surface area is 126 Å². The molecule has 0 bridgehead atoms. The second-order valence-corrected chi connectivity index (χ2v) is 6.77. The molecule has 0 atom stereocenters. The second kappa shape index (κ2) is 7.11. The largest absolute Gasteiger partial charge is 0.491 e. The van der Waals surface area contributed by atoms with Crippen molar-refractivity contribution in [2.24, 2.45) is 0 Å². The Balaban J connectivity index is 2.17. The molecule has 0 saturated carbocycles. The summed E-state index contributed by atoms with van der Waals surface area (Å²) >= 11 is 0. The minimum absolute atomic E-state index is 0.479. The van der Waals surface area contributed by atoms with Crippen LogP contribution in [0.25, 0.3) is 0 Å². The SMILES string of the molecule is CCCOc1cc(C)ccc1NS(=O)(=O)N1CCNCC1. The lowest BCUT2D eigenvalue weighted by atomic mass is 10.2. The lowest BCUT2D eigenvalue weighted by Crippen LogP contribution is -2.48. The summed E-state index contributed by atoms with van der Waals surface area (Å²) in [5, 5.41) is 3.14. The lowest BCUT2D eigenvalue weighted by Gasteiger charge is -2.27. The summed E-state index contributed by atoms with van der Waals surface area (Å²) in [5.41, 5.74) is 1.53. The van der Waals surface area contributed by atoms with E-state index in [-0.39, 0.29) is 0 Å². The predicted octanol–water partition coefficient (Wildman–Crippen LogP) is 1.35. The highest BCUT2D eigenvalue weighted by molar-refractivity contribution is 7.90. The molecule has 1 aromatic rings. The van der Waals surface area contributed by atoms with Crippen LogP contribution in [0.4, 0.5) is 5.69 Å². The van der Waals surface area contributed by atoms with Crippen LogP contribution < -0.4 is 14.8 Å². The number of rotatable bonds is 6. The molecule has 0 radical (unpaired) electrons. The van der Waals surface area contributed by atoms with Gasteiger partial charge < -0.3 is 10.1 Å². The maximum Gasteiger partial charge on any atom is 0.301 e. The van der Waals surface area contributed by atoms with Gasteiger partial charge in [-0.25, -0.2) is 0 Å². The number of nitrogens with one attached hydrogen (secondary N) is 2. The van der Waals surface area contributed by atoms with E-state index in [9.17, 15) is 8.42 Å². The molecule has 1 aliphatic rings. The molecule has 2 rings (SSSR count). The van der Waals surface area contributed by atoms with Gasteiger partial charge in [0, 0.05) is 26.2 Å². The van der Waals surface area contributed by atoms with Crippen LogP contribution in [-0.4, -0.2) is 45.5 Å². The van der Waals surface area contributed by atoms with Crippen molar-refractivity contribution in [2.75, 3.05) is 37.5 Å². The van der Waals surface area contributed by atoms with E-state index in [4.69, 9.17) is 4.74 Å². The Morgan fingerprint density at radius 2 is 2.05 bits per heavy atom. The molecule has 1 heterocycles. The number of hydrogen-bond donors (Lipinski definition) is 2. The average molecular weight is 313 g/mol. The molecule has 0 unspecified atom stereocenters. The molecule has 6 nitrogen and oxygen atoms in total. The van der Waals surface area contributed by atoms with E-state index >= 15 is 0 Å². The van der Waals surface area contributed by atoms with Crippen LogP contribution in [0, 0.1) is 6.92 Å². The predicted molar refractivity (Wildman–Crippen MR) is 84.0 cm³/mol. The summed E-state index contributed by atoms with van der Waals surface area (Å²) in [6, 6.07) is 5.47. The zero-order valence-electron chi connectivity index (χ0n) is 12.6. The standard InChI is InChI=1S/C14H23N3O3S/c1-3-10-20-14-11-12(2)4-5-13(14)16-21(18,19)17-8-6-15-7-9-17/h4-5,11,15-16H,3,6-10H2,1-2H3. The van der Waals surface area contributed by atoms with Crippen LogP contribution in [0.3, 0.4) is 0 Å². The van der Waals surface area contributed by atoms with E-state index in [1.165, 1.54) is 4.31 Å². The second-order valence-electron chi connectivity index (χ2n) is 5.10. The third-order valence-electron chi connectivity index (χ3n) is 3.25. The number of ether oxygens (including phenoxy) is 1. The van der Waals surface area contributed by atoms with Crippen molar-refractivity contribution in [3.05, 3.63) is 23.8 Å². The molecule has 0 aromatic heterocycles. The van der Waals surface area contributed by atoms with Crippen LogP contribution in [0.5, 0.6) is 5.75 Å². The topological polar surface area (TPSA) is 70.7 Å². The summed E-state index contributed by atoms with van der Waals surface area (Å²) in [5.74, 6) is 0.579. The molecule has 0 spiro atoms. The zero-order chi connectivity index (χ0) is 15.3. The molecule has 1 fully saturated rings. The van der Waals surface area contributed by atoms with E-state index in [2.05, 4.69) is 10.0 Å². The smallest absolute Gasteiger partial charge is 0.301 e. The van der Waals surface area contributed by atoms with Crippen molar-refractivity contribution in [2.45, 2.75) is 20.3 Å². The molecule has 1 saturated heterocycles. The van der Waals surface area contributed by atoms with E-state index in [0.29, 0.717) is 44.2 Å². The number of nitrogens with zero attached hydrogens (tertiary/aromatic N) is 1. The minimum Gasteiger partial charge on any atom is -0.491 e. The molecular weight excluding hydrogens is 290 g/mol. The molecular formula is C14H23N3O3S. The average Bonchev–Trinajstić information content (AvgIpc) is 2.48. The number of benzene rings is 1. The first kappa shape index (κ1) is 16.1. The Hall–Kier alpha value is -1.31. The molecule has 0 aliphatic carbocycles. The van der Waals surface area contributed by atoms with E-state index in [1.807, 2.05) is 26.0 Å². The number of hydrogen-bond acceptors (Lipinski definition) is 4. The number of anilines is 1. The van der Waals surface area contributed by atoms with Crippen molar-refractivity contribution < 1.29 is 13.2 Å². The van der Waals surface area contributed by atoms with Crippen molar-refractivity contribution in [1.82, 2.24) is 9.62 Å². The van der Waals surface area contributed by atoms with Crippen LogP contribution >= 0.6 is 0 Å². The normalized spacial score (nSPS) is 16.7. The van der Waals surface area contributed by atoms with Gasteiger partial charge in [0.05, 0.1) is 12.3 Å². The molecule has 7 heteroatoms. The van der Waals surface area contributed by atoms with Gasteiger partial charge in [0.1, 0.15) is 5.75 Å². The third kappa shape index (κ3) is 4.33. The lowest BCUT2D eigenvalue weighted by molar-refractivity contribution is 0.318. The highest BCUT2D eigenvalue weighted by Gasteiger charge is 2.24. The zero-order valence-corrected chi connectivity index (χ0v) is 13.4. The van der Waals surface area contributed by atoms with E-state index in [1.54, 1.807) is 6.07 Å². The Bertz CT molecular complexity index is 569. The summed E-state index contributed by atoms with van der Waals surface area (Å²) in [6.07, 6.45) is 0.873. The highest BCUT2D eigenvalue weighted by atomic mass is 32.2. The monoisotopic (exact) mass is 313 g/mol. The molecule has 21 heavy (non-hydrogen) atoms. The van der Waals surface area contributed by atoms with Gasteiger partial charge in [0.25, 0.3) is 0 Å². The van der Waals surface area contributed by atoms with Crippen LogP contribution in [-0.2, 0) is 10.2 Å². The van der Waals surface area contributed by atoms with Crippen LogP contribution in [0.15, 0.2) is 18.2 Å². The highest BCUT2D eigenvalue weighted by Crippen LogP contribution is 2.27. The van der Waals surface area contributed by atoms with Gasteiger partial charge >= 0.3 is 10.2 Å². The maximum absolute atomic E-state index is 12.4. The first-order valence-corrected chi connectivity index (χ1v) is 8.69. The fourth-order valence-electron chi connectivity index (χ4n) is 2.13. The van der Waals surface area contributed by atoms with Gasteiger partial charge in [-0.05, 0) is 31.0 Å². The molecule has 1 aromatic carbocycles. The molecule has 1 aliphatic heterocycles.